The summed E-state index contributed by atoms with van der Waals surface area (Å²) in [4.78, 5) is 15.9. The summed E-state index contributed by atoms with van der Waals surface area (Å²) >= 11 is 6.46. The molecule has 3 aliphatic heterocycles. The van der Waals surface area contributed by atoms with Crippen molar-refractivity contribution >= 4 is 33.2 Å². The van der Waals surface area contributed by atoms with Gasteiger partial charge in [-0.1, -0.05) is 36.7 Å². The van der Waals surface area contributed by atoms with Crippen LogP contribution in [-0.2, 0) is 36.1 Å². The van der Waals surface area contributed by atoms with Crippen LogP contribution in [0.2, 0.25) is 5.02 Å². The Hall–Kier alpha value is -2.63. The van der Waals surface area contributed by atoms with Crippen LogP contribution in [0.4, 0.5) is 5.69 Å². The minimum atomic E-state index is -3.94. The van der Waals surface area contributed by atoms with Gasteiger partial charge in [0.15, 0.2) is 6.29 Å². The van der Waals surface area contributed by atoms with E-state index >= 15 is 0 Å². The largest absolute Gasteiger partial charge is 0.490 e. The van der Waals surface area contributed by atoms with Gasteiger partial charge in [-0.3, -0.25) is 4.79 Å². The van der Waals surface area contributed by atoms with Gasteiger partial charge in [0.1, 0.15) is 5.75 Å². The summed E-state index contributed by atoms with van der Waals surface area (Å²) in [5.41, 5.74) is 3.40. The highest BCUT2D eigenvalue weighted by atomic mass is 35.5. The smallest absolute Gasteiger partial charge is 0.264 e. The molecule has 7 atom stereocenters. The average Bonchev–Trinajstić information content (AvgIpc) is 3.24. The van der Waals surface area contributed by atoms with Gasteiger partial charge >= 0.3 is 0 Å². The normalized spacial score (nSPS) is 33.2. The number of carbonyl (C=O) groups is 1. The fraction of sp³-hybridized carbons (Fsp3) is 0.615. The number of nitrogens with zero attached hydrogens (tertiary/aromatic N) is 1. The number of sulfonamides is 1. The maximum absolute atomic E-state index is 13.5. The molecule has 9 nitrogen and oxygen atoms in total. The van der Waals surface area contributed by atoms with Crippen LogP contribution < -0.4 is 14.4 Å². The van der Waals surface area contributed by atoms with Crippen LogP contribution in [0.25, 0.3) is 0 Å². The van der Waals surface area contributed by atoms with E-state index in [2.05, 4.69) is 33.9 Å². The number of carbonyl (C=O) groups excluding carboxylic acids is 1. The summed E-state index contributed by atoms with van der Waals surface area (Å²) in [5.74, 6) is 0.507. The van der Waals surface area contributed by atoms with Crippen LogP contribution in [0, 0.1) is 17.8 Å². The number of ether oxygens (including phenoxy) is 4. The quantitative estimate of drug-likeness (QED) is 0.265. The monoisotopic (exact) mass is 726 g/mol. The Morgan fingerprint density at radius 1 is 1.04 bits per heavy atom. The van der Waals surface area contributed by atoms with Gasteiger partial charge in [-0.15, -0.1) is 0 Å². The molecule has 3 heterocycles. The van der Waals surface area contributed by atoms with Crippen LogP contribution >= 0.6 is 11.6 Å². The van der Waals surface area contributed by atoms with Gasteiger partial charge < -0.3 is 23.8 Å². The Morgan fingerprint density at radius 3 is 2.70 bits per heavy atom. The van der Waals surface area contributed by atoms with E-state index in [0.29, 0.717) is 50.0 Å². The van der Waals surface area contributed by atoms with Crippen LogP contribution in [0.3, 0.4) is 0 Å². The summed E-state index contributed by atoms with van der Waals surface area (Å²) in [5, 5.41) is -0.0323. The molecule has 2 aromatic rings. The number of hydrogen-bond acceptors (Lipinski definition) is 8. The molecule has 7 rings (SSSR count). The molecule has 0 unspecified atom stereocenters. The summed E-state index contributed by atoms with van der Waals surface area (Å²) in [6.07, 6.45) is 12.7. The Morgan fingerprint density at radius 2 is 1.90 bits per heavy atom. The number of benzene rings is 2. The number of amides is 1. The highest BCUT2D eigenvalue weighted by molar-refractivity contribution is 7.90. The molecule has 0 aromatic heterocycles. The number of hydrogen-bond donors (Lipinski definition) is 1. The molecule has 11 heteroatoms. The Bertz CT molecular complexity index is 1680. The number of nitrogens with one attached hydrogen (secondary N) is 1. The highest BCUT2D eigenvalue weighted by Crippen LogP contribution is 2.47. The molecular formula is C39H51ClN2O7S. The van der Waals surface area contributed by atoms with Crippen molar-refractivity contribution in [3.05, 3.63) is 70.3 Å². The Balaban J connectivity index is 1.21. The maximum Gasteiger partial charge on any atom is 0.264 e. The lowest BCUT2D eigenvalue weighted by Gasteiger charge is -2.46. The van der Waals surface area contributed by atoms with Gasteiger partial charge in [0.2, 0.25) is 10.0 Å². The molecule has 50 heavy (non-hydrogen) atoms. The van der Waals surface area contributed by atoms with Crippen LogP contribution in [0.1, 0.15) is 86.7 Å². The van der Waals surface area contributed by atoms with Gasteiger partial charge in [0.05, 0.1) is 36.9 Å². The zero-order valence-corrected chi connectivity index (χ0v) is 30.9. The fourth-order valence-corrected chi connectivity index (χ4v) is 10.0. The third-order valence-corrected chi connectivity index (χ3v) is 14.0. The number of halogens is 1. The summed E-state index contributed by atoms with van der Waals surface area (Å²) < 4.78 is 54.2. The van der Waals surface area contributed by atoms with Gasteiger partial charge in [0, 0.05) is 35.7 Å². The summed E-state index contributed by atoms with van der Waals surface area (Å²) in [7, 11) is -3.94. The second-order valence-electron chi connectivity index (χ2n) is 15.1. The van der Waals surface area contributed by atoms with E-state index in [-0.39, 0.29) is 29.6 Å². The molecular weight excluding hydrogens is 676 g/mol. The van der Waals surface area contributed by atoms with Gasteiger partial charge in [0.25, 0.3) is 5.91 Å². The molecule has 0 radical (unpaired) electrons. The zero-order valence-electron chi connectivity index (χ0n) is 29.3. The first-order valence-electron chi connectivity index (χ1n) is 18.5. The number of anilines is 1. The molecule has 1 saturated carbocycles. The second-order valence-corrected chi connectivity index (χ2v) is 17.6. The SMILES string of the molecule is C[C@@H]1[C@@H](C)C/C=C/[C@H](OCCO[C@H]2CCCCO2)[C@@H]2CC[C@H]2CN2C[C@@]3(CCCc4cc(Cl)ccc43)COc3ccc(cc32)C(=O)NS1(=O)=O. The van der Waals surface area contributed by atoms with Crippen molar-refractivity contribution in [3.63, 3.8) is 0 Å². The molecule has 5 aliphatic rings. The van der Waals surface area contributed by atoms with Crippen molar-refractivity contribution < 1.29 is 32.2 Å². The van der Waals surface area contributed by atoms with E-state index in [1.54, 1.807) is 13.0 Å². The van der Waals surface area contributed by atoms with Crippen molar-refractivity contribution in [2.75, 3.05) is 44.4 Å². The molecule has 1 N–H and O–H groups in total. The van der Waals surface area contributed by atoms with E-state index in [0.717, 1.165) is 75.2 Å². The fourth-order valence-electron chi connectivity index (χ4n) is 8.53. The van der Waals surface area contributed by atoms with E-state index in [9.17, 15) is 13.2 Å². The molecule has 1 amide bonds. The van der Waals surface area contributed by atoms with Gasteiger partial charge in [-0.05, 0) is 124 Å². The first-order valence-corrected chi connectivity index (χ1v) is 20.4. The van der Waals surface area contributed by atoms with Crippen LogP contribution in [0.5, 0.6) is 5.75 Å². The topological polar surface area (TPSA) is 103 Å². The minimum Gasteiger partial charge on any atom is -0.490 e. The first kappa shape index (κ1) is 35.8. The minimum absolute atomic E-state index is 0.128. The third kappa shape index (κ3) is 7.61. The maximum atomic E-state index is 13.5. The highest BCUT2D eigenvalue weighted by Gasteiger charge is 2.44. The van der Waals surface area contributed by atoms with E-state index in [4.69, 9.17) is 30.5 Å². The molecule has 272 valence electrons. The first-order chi connectivity index (χ1) is 24.1. The van der Waals surface area contributed by atoms with Crippen molar-refractivity contribution in [1.82, 2.24) is 4.72 Å². The lowest BCUT2D eigenvalue weighted by Crippen LogP contribution is -2.49. The Kier molecular flexibility index (Phi) is 10.8. The van der Waals surface area contributed by atoms with Crippen molar-refractivity contribution in [2.24, 2.45) is 17.8 Å². The van der Waals surface area contributed by atoms with Crippen molar-refractivity contribution in [2.45, 2.75) is 94.7 Å². The second kappa shape index (κ2) is 15.2. The number of fused-ring (bicyclic) bond motifs is 4. The predicted octanol–water partition coefficient (Wildman–Crippen LogP) is 6.81. The van der Waals surface area contributed by atoms with E-state index < -0.39 is 21.2 Å². The number of aryl methyl sites for hydroxylation is 1. The molecule has 2 fully saturated rings. The zero-order chi connectivity index (χ0) is 34.9. The number of rotatable bonds is 5. The van der Waals surface area contributed by atoms with Crippen molar-refractivity contribution in [1.29, 1.82) is 0 Å². The van der Waals surface area contributed by atoms with Crippen molar-refractivity contribution in [3.8, 4) is 5.75 Å². The molecule has 2 aliphatic carbocycles. The van der Waals surface area contributed by atoms with Gasteiger partial charge in [-0.25, -0.2) is 13.1 Å². The molecule has 2 aromatic carbocycles. The van der Waals surface area contributed by atoms with Crippen LogP contribution in [-0.4, -0.2) is 71.5 Å². The predicted molar refractivity (Wildman–Crippen MR) is 194 cm³/mol. The van der Waals surface area contributed by atoms with Crippen LogP contribution in [0.15, 0.2) is 48.6 Å². The number of allylic oxidation sites excluding steroid dienone is 1. The lowest BCUT2D eigenvalue weighted by molar-refractivity contribution is -0.172. The average molecular weight is 727 g/mol. The molecule has 2 bridgehead atoms. The molecule has 1 saturated heterocycles. The van der Waals surface area contributed by atoms with Gasteiger partial charge in [-0.2, -0.15) is 0 Å². The van der Waals surface area contributed by atoms with E-state index in [1.165, 1.54) is 11.1 Å². The third-order valence-electron chi connectivity index (χ3n) is 11.8. The van der Waals surface area contributed by atoms with E-state index in [1.807, 2.05) is 25.1 Å². The molecule has 1 spiro atoms. The standard InChI is InChI=1S/C39H51ClN2O7S/c1-26-7-5-9-35(46-19-20-48-37-10-3-4-18-47-37)32-14-11-30(32)23-42-24-39(17-6-8-28-21-31(40)13-15-33(28)39)25-49-36-16-12-29(22-34(36)42)38(43)41-50(44,45)27(26)2/h5,9,12-13,15-16,21-22,26-27,30,32,35,37H,3-4,6-8,10-11,14,17-20,23-25H2,1-2H3,(H,41,43)/b9-5+/t26-,27+,30-,32+,35-,37-,39-/m0/s1. The summed E-state index contributed by atoms with van der Waals surface area (Å²) in [6, 6.07) is 11.6. The lowest BCUT2D eigenvalue weighted by atomic mass is 9.68. The summed E-state index contributed by atoms with van der Waals surface area (Å²) in [6.45, 7) is 7.22. The Labute approximate surface area is 302 Å².